The van der Waals surface area contributed by atoms with Crippen molar-refractivity contribution in [1.82, 2.24) is 9.97 Å². The van der Waals surface area contributed by atoms with E-state index >= 15 is 0 Å². The Morgan fingerprint density at radius 1 is 0.444 bits per heavy atom. The normalized spacial score (nSPS) is 13.7. The molecule has 2 nitrogen and oxygen atoms in total. The molecule has 0 aliphatic heterocycles. The molecule has 0 unspecified atom stereocenters. The van der Waals surface area contributed by atoms with Gasteiger partial charge in [-0.25, -0.2) is 9.97 Å². The molecule has 10 rings (SSSR count). The lowest BCUT2D eigenvalue weighted by molar-refractivity contribution is 0.660. The van der Waals surface area contributed by atoms with E-state index < -0.39 is 0 Å². The third-order valence-corrected chi connectivity index (χ3v) is 10.2. The van der Waals surface area contributed by atoms with Gasteiger partial charge in [-0.05, 0) is 72.1 Å². The standard InChI is InChI=1S/C43H28N2/c1-43(2)35-16-6-5-13-31(35)32-22-21-30(24-36(32)43)42-44-40(29-20-17-25-9-3-4-10-28(25)23-29)39-33-14-7-11-26-18-19-27-12-8-15-34(41(39)45-42)38(27)37(26)33/h3-24H,1-2H3. The van der Waals surface area contributed by atoms with Crippen molar-refractivity contribution < 1.29 is 0 Å². The Balaban J connectivity index is 1.34. The molecular weight excluding hydrogens is 544 g/mol. The first-order valence-electron chi connectivity index (χ1n) is 15.7. The highest BCUT2D eigenvalue weighted by atomic mass is 14.9. The molecule has 0 fully saturated rings. The zero-order valence-electron chi connectivity index (χ0n) is 25.1. The van der Waals surface area contributed by atoms with Gasteiger partial charge in [0, 0.05) is 27.3 Å². The maximum absolute atomic E-state index is 5.47. The Hall–Kier alpha value is -5.60. The van der Waals surface area contributed by atoms with Gasteiger partial charge in [-0.1, -0.05) is 135 Å². The molecule has 45 heavy (non-hydrogen) atoms. The van der Waals surface area contributed by atoms with Gasteiger partial charge in [0.2, 0.25) is 0 Å². The summed E-state index contributed by atoms with van der Waals surface area (Å²) in [5.41, 5.74) is 9.35. The molecule has 9 aromatic rings. The summed E-state index contributed by atoms with van der Waals surface area (Å²) in [6, 6.07) is 48.6. The van der Waals surface area contributed by atoms with Crippen LogP contribution in [-0.4, -0.2) is 9.97 Å². The van der Waals surface area contributed by atoms with Gasteiger partial charge in [0.15, 0.2) is 5.82 Å². The van der Waals surface area contributed by atoms with E-state index in [1.165, 1.54) is 65.3 Å². The van der Waals surface area contributed by atoms with Gasteiger partial charge in [0.1, 0.15) is 0 Å². The van der Waals surface area contributed by atoms with Crippen molar-refractivity contribution in [3.8, 4) is 33.8 Å². The molecule has 1 aliphatic rings. The second-order valence-corrected chi connectivity index (χ2v) is 13.0. The number of aromatic nitrogens is 2. The molecule has 0 N–H and O–H groups in total. The number of hydrogen-bond donors (Lipinski definition) is 0. The summed E-state index contributed by atoms with van der Waals surface area (Å²) in [4.78, 5) is 10.9. The van der Waals surface area contributed by atoms with E-state index in [0.717, 1.165) is 33.5 Å². The Bertz CT molecular complexity index is 2680. The van der Waals surface area contributed by atoms with Crippen LogP contribution in [0.2, 0.25) is 0 Å². The van der Waals surface area contributed by atoms with E-state index in [1.807, 2.05) is 0 Å². The lowest BCUT2D eigenvalue weighted by Gasteiger charge is -2.22. The molecule has 1 aliphatic carbocycles. The SMILES string of the molecule is CC1(C)c2ccccc2-c2ccc(-c3nc(-c4ccc5ccccc5c4)c4c5cccc6ccc7cccc(c4n3)c7c65)cc21. The van der Waals surface area contributed by atoms with Crippen LogP contribution in [0.4, 0.5) is 0 Å². The average molecular weight is 573 g/mol. The van der Waals surface area contributed by atoms with Crippen LogP contribution >= 0.6 is 0 Å². The zero-order valence-corrected chi connectivity index (χ0v) is 25.1. The van der Waals surface area contributed by atoms with Crippen LogP contribution in [0.5, 0.6) is 0 Å². The fourth-order valence-electron chi connectivity index (χ4n) is 7.99. The maximum atomic E-state index is 5.47. The van der Waals surface area contributed by atoms with Crippen LogP contribution in [-0.2, 0) is 5.41 Å². The van der Waals surface area contributed by atoms with Gasteiger partial charge >= 0.3 is 0 Å². The fraction of sp³-hybridized carbons (Fsp3) is 0.0698. The molecule has 0 atom stereocenters. The molecule has 8 aromatic carbocycles. The monoisotopic (exact) mass is 572 g/mol. The average Bonchev–Trinajstić information content (AvgIpc) is 3.32. The molecule has 0 bridgehead atoms. The molecular formula is C43H28N2. The van der Waals surface area contributed by atoms with E-state index in [4.69, 9.17) is 9.97 Å². The van der Waals surface area contributed by atoms with Crippen LogP contribution in [0.3, 0.4) is 0 Å². The zero-order chi connectivity index (χ0) is 29.9. The molecule has 0 amide bonds. The summed E-state index contributed by atoms with van der Waals surface area (Å²) in [7, 11) is 0. The molecule has 1 aromatic heterocycles. The van der Waals surface area contributed by atoms with E-state index in [9.17, 15) is 0 Å². The third kappa shape index (κ3) is 3.34. The number of rotatable bonds is 2. The van der Waals surface area contributed by atoms with Crippen LogP contribution in [0.15, 0.2) is 133 Å². The Labute approximate surface area is 261 Å². The van der Waals surface area contributed by atoms with E-state index in [2.05, 4.69) is 147 Å². The van der Waals surface area contributed by atoms with Crippen molar-refractivity contribution in [3.63, 3.8) is 0 Å². The predicted octanol–water partition coefficient (Wildman–Crippen LogP) is 11.3. The molecule has 0 spiro atoms. The van der Waals surface area contributed by atoms with E-state index in [0.29, 0.717) is 0 Å². The summed E-state index contributed by atoms with van der Waals surface area (Å²) >= 11 is 0. The minimum atomic E-state index is -0.0997. The highest BCUT2D eigenvalue weighted by molar-refractivity contribution is 6.34. The maximum Gasteiger partial charge on any atom is 0.160 e. The third-order valence-electron chi connectivity index (χ3n) is 10.2. The van der Waals surface area contributed by atoms with Crippen molar-refractivity contribution >= 4 is 54.0 Å². The summed E-state index contributed by atoms with van der Waals surface area (Å²) in [5.74, 6) is 0.759. The van der Waals surface area contributed by atoms with Crippen LogP contribution in [0.25, 0.3) is 87.8 Å². The van der Waals surface area contributed by atoms with Gasteiger partial charge in [-0.2, -0.15) is 0 Å². The van der Waals surface area contributed by atoms with Crippen molar-refractivity contribution in [3.05, 3.63) is 145 Å². The minimum Gasteiger partial charge on any atom is -0.227 e. The summed E-state index contributed by atoms with van der Waals surface area (Å²) in [6.45, 7) is 4.65. The molecule has 210 valence electrons. The van der Waals surface area contributed by atoms with Gasteiger partial charge in [0.05, 0.1) is 11.2 Å². The van der Waals surface area contributed by atoms with Crippen molar-refractivity contribution in [2.75, 3.05) is 0 Å². The first-order valence-corrected chi connectivity index (χ1v) is 15.7. The topological polar surface area (TPSA) is 25.8 Å². The lowest BCUT2D eigenvalue weighted by Crippen LogP contribution is -2.15. The summed E-state index contributed by atoms with van der Waals surface area (Å²) in [6.07, 6.45) is 0. The number of fused-ring (bicyclic) bond motifs is 7. The van der Waals surface area contributed by atoms with Gasteiger partial charge in [-0.15, -0.1) is 0 Å². The van der Waals surface area contributed by atoms with Crippen molar-refractivity contribution in [2.24, 2.45) is 0 Å². The second kappa shape index (κ2) is 8.74. The van der Waals surface area contributed by atoms with Crippen LogP contribution < -0.4 is 0 Å². The summed E-state index contributed by atoms with van der Waals surface area (Å²) < 4.78 is 0. The minimum absolute atomic E-state index is 0.0997. The van der Waals surface area contributed by atoms with Crippen molar-refractivity contribution in [1.29, 1.82) is 0 Å². The number of benzene rings is 8. The van der Waals surface area contributed by atoms with Gasteiger partial charge < -0.3 is 0 Å². The first-order chi connectivity index (χ1) is 22.1. The Morgan fingerprint density at radius 3 is 1.93 bits per heavy atom. The van der Waals surface area contributed by atoms with Crippen LogP contribution in [0, 0.1) is 0 Å². The smallest absolute Gasteiger partial charge is 0.160 e. The summed E-state index contributed by atoms with van der Waals surface area (Å²) in [5, 5.41) is 11.0. The molecule has 1 heterocycles. The van der Waals surface area contributed by atoms with Crippen molar-refractivity contribution in [2.45, 2.75) is 19.3 Å². The fourth-order valence-corrected chi connectivity index (χ4v) is 7.99. The molecule has 0 saturated heterocycles. The quantitative estimate of drug-likeness (QED) is 0.152. The molecule has 2 heteroatoms. The highest BCUT2D eigenvalue weighted by Gasteiger charge is 2.35. The number of hydrogen-bond acceptors (Lipinski definition) is 2. The largest absolute Gasteiger partial charge is 0.227 e. The first kappa shape index (κ1) is 24.8. The van der Waals surface area contributed by atoms with E-state index in [1.54, 1.807) is 0 Å². The Kier molecular flexibility index (Phi) is 4.82. The highest BCUT2D eigenvalue weighted by Crippen LogP contribution is 2.50. The van der Waals surface area contributed by atoms with Gasteiger partial charge in [0.25, 0.3) is 0 Å². The molecule has 0 radical (unpaired) electrons. The Morgan fingerprint density at radius 2 is 1.09 bits per heavy atom. The second-order valence-electron chi connectivity index (χ2n) is 13.0. The lowest BCUT2D eigenvalue weighted by atomic mass is 9.82. The number of nitrogens with zero attached hydrogens (tertiary/aromatic N) is 2. The van der Waals surface area contributed by atoms with Gasteiger partial charge in [-0.3, -0.25) is 0 Å². The molecule has 0 saturated carbocycles. The van der Waals surface area contributed by atoms with Crippen LogP contribution in [0.1, 0.15) is 25.0 Å². The predicted molar refractivity (Wildman–Crippen MR) is 189 cm³/mol. The van der Waals surface area contributed by atoms with E-state index in [-0.39, 0.29) is 5.41 Å².